The predicted molar refractivity (Wildman–Crippen MR) is 146 cm³/mol. The van der Waals surface area contributed by atoms with Gasteiger partial charge >= 0.3 is 6.18 Å². The molecular weight excluding hydrogens is 505 g/mol. The summed E-state index contributed by atoms with van der Waals surface area (Å²) in [6.45, 7) is 8.42. The number of benzene rings is 1. The summed E-state index contributed by atoms with van der Waals surface area (Å²) in [6.07, 6.45) is 2.37. The fraction of sp³-hybridized carbons (Fsp3) is 0.633. The lowest BCUT2D eigenvalue weighted by molar-refractivity contribution is -0.226. The molecule has 6 nitrogen and oxygen atoms in total. The minimum Gasteiger partial charge on any atom is -0.493 e. The van der Waals surface area contributed by atoms with E-state index in [-0.39, 0.29) is 18.9 Å². The van der Waals surface area contributed by atoms with E-state index < -0.39 is 17.5 Å². The summed E-state index contributed by atoms with van der Waals surface area (Å²) in [7, 11) is 0. The molecule has 5 rings (SSSR count). The van der Waals surface area contributed by atoms with E-state index in [9.17, 15) is 18.0 Å². The van der Waals surface area contributed by atoms with E-state index in [0.717, 1.165) is 55.2 Å². The number of ether oxygens (including phenoxy) is 1. The Morgan fingerprint density at radius 1 is 1.10 bits per heavy atom. The van der Waals surface area contributed by atoms with E-state index in [1.54, 1.807) is 0 Å². The molecule has 2 atom stereocenters. The fourth-order valence-electron chi connectivity index (χ4n) is 6.87. The molecule has 1 saturated carbocycles. The topological polar surface area (TPSA) is 48.1 Å². The highest BCUT2D eigenvalue weighted by Gasteiger charge is 2.62. The summed E-state index contributed by atoms with van der Waals surface area (Å²) in [5.74, 6) is 0.153. The molecule has 3 heterocycles. The molecule has 1 aromatic carbocycles. The van der Waals surface area contributed by atoms with Crippen LogP contribution in [0.3, 0.4) is 0 Å². The van der Waals surface area contributed by atoms with Gasteiger partial charge in [-0.1, -0.05) is 31.9 Å². The number of nitrogens with one attached hydrogen (secondary N) is 1. The van der Waals surface area contributed by atoms with Crippen molar-refractivity contribution >= 4 is 11.6 Å². The fourth-order valence-corrected chi connectivity index (χ4v) is 6.87. The van der Waals surface area contributed by atoms with Crippen molar-refractivity contribution in [1.29, 1.82) is 0 Å². The Bertz CT molecular complexity index is 1090. The number of alkyl halides is 3. The molecule has 9 heteroatoms. The van der Waals surface area contributed by atoms with Crippen molar-refractivity contribution in [3.05, 3.63) is 47.7 Å². The quantitative estimate of drug-likeness (QED) is 0.520. The zero-order valence-corrected chi connectivity index (χ0v) is 23.1. The molecule has 4 aliphatic rings. The number of nitrogens with zero attached hydrogens (tertiary/aromatic N) is 3. The molecule has 3 fully saturated rings. The van der Waals surface area contributed by atoms with Crippen LogP contribution < -0.4 is 10.1 Å². The van der Waals surface area contributed by atoms with Crippen LogP contribution in [-0.4, -0.2) is 84.7 Å². The molecule has 0 aromatic heterocycles. The van der Waals surface area contributed by atoms with E-state index in [1.165, 1.54) is 4.90 Å². The van der Waals surface area contributed by atoms with Gasteiger partial charge in [-0.25, -0.2) is 0 Å². The van der Waals surface area contributed by atoms with Crippen molar-refractivity contribution in [1.82, 2.24) is 20.0 Å². The van der Waals surface area contributed by atoms with E-state index in [1.807, 2.05) is 25.1 Å². The number of hydrogen-bond donors (Lipinski definition) is 1. The first-order valence-electron chi connectivity index (χ1n) is 14.5. The highest BCUT2D eigenvalue weighted by atomic mass is 19.4. The van der Waals surface area contributed by atoms with Crippen molar-refractivity contribution in [2.24, 2.45) is 5.41 Å². The molecule has 1 amide bonds. The first-order valence-corrected chi connectivity index (χ1v) is 14.5. The summed E-state index contributed by atoms with van der Waals surface area (Å²) in [6, 6.07) is 8.45. The molecule has 214 valence electrons. The number of halogens is 3. The maximum atomic E-state index is 14.1. The highest BCUT2D eigenvalue weighted by molar-refractivity contribution is 5.84. The monoisotopic (exact) mass is 546 g/mol. The minimum atomic E-state index is -4.50. The summed E-state index contributed by atoms with van der Waals surface area (Å²) < 4.78 is 48.3. The van der Waals surface area contributed by atoms with Crippen LogP contribution in [-0.2, 0) is 4.79 Å². The number of hydrogen-bond acceptors (Lipinski definition) is 5. The summed E-state index contributed by atoms with van der Waals surface area (Å²) in [5, 5.41) is 3.49. The molecule has 2 saturated heterocycles. The number of allylic oxidation sites excluding steroid dienone is 2. The normalized spacial score (nSPS) is 25.5. The van der Waals surface area contributed by atoms with E-state index in [4.69, 9.17) is 4.74 Å². The Labute approximate surface area is 229 Å². The van der Waals surface area contributed by atoms with Gasteiger partial charge < -0.3 is 24.8 Å². The van der Waals surface area contributed by atoms with Crippen LogP contribution in [0.4, 0.5) is 13.2 Å². The molecule has 1 N–H and O–H groups in total. The summed E-state index contributed by atoms with van der Waals surface area (Å²) in [4.78, 5) is 19.6. The molecule has 0 spiro atoms. The van der Waals surface area contributed by atoms with Gasteiger partial charge in [0.05, 0.1) is 13.2 Å². The zero-order valence-electron chi connectivity index (χ0n) is 23.1. The van der Waals surface area contributed by atoms with Gasteiger partial charge in [0.25, 0.3) is 0 Å². The third kappa shape index (κ3) is 5.26. The molecule has 0 radical (unpaired) electrons. The molecule has 0 unspecified atom stereocenters. The molecule has 3 aliphatic heterocycles. The second-order valence-electron chi connectivity index (χ2n) is 11.2. The second-order valence-corrected chi connectivity index (χ2v) is 11.2. The summed E-state index contributed by atoms with van der Waals surface area (Å²) in [5.41, 5.74) is 1.16. The Kier molecular flexibility index (Phi) is 8.17. The van der Waals surface area contributed by atoms with Crippen LogP contribution in [0.5, 0.6) is 5.75 Å². The lowest BCUT2D eigenvalue weighted by Crippen LogP contribution is -2.60. The maximum absolute atomic E-state index is 14.1. The molecule has 0 bridgehead atoms. The van der Waals surface area contributed by atoms with Gasteiger partial charge in [0, 0.05) is 55.2 Å². The smallest absolute Gasteiger partial charge is 0.403 e. The van der Waals surface area contributed by atoms with Gasteiger partial charge in [-0.15, -0.1) is 0 Å². The average Bonchev–Trinajstić information content (AvgIpc) is 3.66. The van der Waals surface area contributed by atoms with Gasteiger partial charge in [0.1, 0.15) is 11.2 Å². The Hall–Kier alpha value is -2.68. The minimum absolute atomic E-state index is 0.0187. The van der Waals surface area contributed by atoms with Gasteiger partial charge in [-0.05, 0) is 63.4 Å². The number of piperazine rings is 1. The molecule has 1 aliphatic carbocycles. The van der Waals surface area contributed by atoms with Crippen LogP contribution in [0.2, 0.25) is 0 Å². The van der Waals surface area contributed by atoms with Gasteiger partial charge in [0.2, 0.25) is 5.91 Å². The maximum Gasteiger partial charge on any atom is 0.403 e. The first-order chi connectivity index (χ1) is 18.8. The van der Waals surface area contributed by atoms with Crippen LogP contribution in [0.1, 0.15) is 57.9 Å². The Morgan fingerprint density at radius 2 is 1.87 bits per heavy atom. The van der Waals surface area contributed by atoms with Gasteiger partial charge in [0.15, 0.2) is 0 Å². The number of carbonyl (C=O) groups excluding carboxylic acids is 1. The van der Waals surface area contributed by atoms with E-state index >= 15 is 0 Å². The predicted octanol–water partition coefficient (Wildman–Crippen LogP) is 5.03. The molecule has 1 aromatic rings. The van der Waals surface area contributed by atoms with E-state index in [2.05, 4.69) is 40.3 Å². The molecule has 39 heavy (non-hydrogen) atoms. The van der Waals surface area contributed by atoms with Gasteiger partial charge in [-0.2, -0.15) is 13.2 Å². The number of amides is 1. The van der Waals surface area contributed by atoms with Crippen LogP contribution in [0.25, 0.3) is 5.70 Å². The standard InChI is InChI=1S/C30H41F3N4O2/c1-3-22-20-35(28(38)29(30(31,32)33)14-7-8-15-29)17-18-36(22)24-11-12-26(37(21-24)23-13-16-34-19-23)25-9-5-6-10-27(25)39-4-2/h5-6,9-12,22-23,34H,3-4,7-8,13-21H2,1-2H3/t22-,23-/m1/s1. The highest BCUT2D eigenvalue weighted by Crippen LogP contribution is 2.52. The lowest BCUT2D eigenvalue weighted by atomic mass is 9.83. The first kappa shape index (κ1) is 27.9. The third-order valence-corrected chi connectivity index (χ3v) is 9.03. The van der Waals surface area contributed by atoms with Crippen molar-refractivity contribution in [2.45, 2.75) is 70.6 Å². The SMILES string of the molecule is CCOc1ccccc1C1=CC=C(N2CCN(C(=O)C3(C(F)(F)F)CCCC3)C[C@H]2CC)CN1[C@@H]1CCNC1. The molecular formula is C30H41F3N4O2. The summed E-state index contributed by atoms with van der Waals surface area (Å²) >= 11 is 0. The van der Waals surface area contributed by atoms with Crippen molar-refractivity contribution in [3.63, 3.8) is 0 Å². The van der Waals surface area contributed by atoms with Crippen molar-refractivity contribution in [2.75, 3.05) is 45.9 Å². The van der Waals surface area contributed by atoms with Crippen molar-refractivity contribution < 1.29 is 22.7 Å². The van der Waals surface area contributed by atoms with Gasteiger partial charge in [-0.3, -0.25) is 4.79 Å². The lowest BCUT2D eigenvalue weighted by Gasteiger charge is -2.48. The number of rotatable bonds is 7. The zero-order chi connectivity index (χ0) is 27.6. The average molecular weight is 547 g/mol. The number of carbonyl (C=O) groups is 1. The van der Waals surface area contributed by atoms with Crippen molar-refractivity contribution in [3.8, 4) is 5.75 Å². The third-order valence-electron chi connectivity index (χ3n) is 9.03. The van der Waals surface area contributed by atoms with E-state index in [0.29, 0.717) is 45.1 Å². The Balaban J connectivity index is 1.39. The Morgan fingerprint density at radius 3 is 2.54 bits per heavy atom. The van der Waals surface area contributed by atoms with Crippen LogP contribution in [0, 0.1) is 5.41 Å². The van der Waals surface area contributed by atoms with Crippen LogP contribution in [0.15, 0.2) is 42.1 Å². The largest absolute Gasteiger partial charge is 0.493 e. The number of para-hydroxylation sites is 1. The van der Waals surface area contributed by atoms with Crippen LogP contribution >= 0.6 is 0 Å². The second kappa shape index (κ2) is 11.4.